The molecule has 2 heteroatoms. The van der Waals surface area contributed by atoms with Gasteiger partial charge in [-0.1, -0.05) is 13.8 Å². The van der Waals surface area contributed by atoms with Crippen molar-refractivity contribution < 1.29 is 4.79 Å². The molecule has 1 N–H and O–H groups in total. The molecule has 1 amide bonds. The molecule has 1 atom stereocenters. The second kappa shape index (κ2) is 5.16. The molecule has 2 nitrogen and oxygen atoms in total. The van der Waals surface area contributed by atoms with Gasteiger partial charge >= 0.3 is 0 Å². The first-order valence-electron chi connectivity index (χ1n) is 4.29. The topological polar surface area (TPSA) is 29.1 Å². The average molecular weight is 157 g/mol. The second-order valence-corrected chi connectivity index (χ2v) is 3.57. The lowest BCUT2D eigenvalue weighted by molar-refractivity contribution is -0.119. The first-order valence-corrected chi connectivity index (χ1v) is 4.29. The van der Waals surface area contributed by atoms with Crippen molar-refractivity contribution in [2.24, 2.45) is 5.92 Å². The molecule has 11 heavy (non-hydrogen) atoms. The third kappa shape index (κ3) is 7.37. The highest BCUT2D eigenvalue weighted by Gasteiger charge is 2.03. The van der Waals surface area contributed by atoms with Crippen molar-refractivity contribution >= 4 is 5.91 Å². The molecule has 0 aromatic heterocycles. The fraction of sp³-hybridized carbons (Fsp3) is 0.889. The van der Waals surface area contributed by atoms with Crippen LogP contribution in [0.1, 0.15) is 40.5 Å². The largest absolute Gasteiger partial charge is 0.354 e. The normalized spacial score (nSPS) is 13.2. The summed E-state index contributed by atoms with van der Waals surface area (Å²) in [5.74, 6) is 0.799. The monoisotopic (exact) mass is 157 g/mol. The summed E-state index contributed by atoms with van der Waals surface area (Å²) >= 11 is 0. The first-order chi connectivity index (χ1) is 5.02. The van der Waals surface area contributed by atoms with Gasteiger partial charge < -0.3 is 5.32 Å². The van der Waals surface area contributed by atoms with E-state index in [1.807, 2.05) is 6.92 Å². The summed E-state index contributed by atoms with van der Waals surface area (Å²) in [5, 5.41) is 2.86. The van der Waals surface area contributed by atoms with Gasteiger partial charge in [-0.05, 0) is 25.7 Å². The van der Waals surface area contributed by atoms with Gasteiger partial charge in [0.25, 0.3) is 0 Å². The Labute approximate surface area is 69.4 Å². The Bertz CT molecular complexity index is 121. The lowest BCUT2D eigenvalue weighted by Crippen LogP contribution is -2.30. The SMILES string of the molecule is CC(=O)N[C@H](C)CCC(C)C. The lowest BCUT2D eigenvalue weighted by atomic mass is 10.0. The molecule has 0 bridgehead atoms. The maximum Gasteiger partial charge on any atom is 0.217 e. The number of nitrogens with one attached hydrogen (secondary N) is 1. The Morgan fingerprint density at radius 2 is 1.82 bits per heavy atom. The Morgan fingerprint density at radius 3 is 2.18 bits per heavy atom. The van der Waals surface area contributed by atoms with Crippen molar-refractivity contribution in [3.05, 3.63) is 0 Å². The smallest absolute Gasteiger partial charge is 0.217 e. The molecule has 0 aliphatic heterocycles. The van der Waals surface area contributed by atoms with Gasteiger partial charge in [0.2, 0.25) is 5.91 Å². The molecule has 0 radical (unpaired) electrons. The minimum atomic E-state index is 0.0706. The Balaban J connectivity index is 3.37. The molecule has 0 aromatic carbocycles. The standard InChI is InChI=1S/C9H19NO/c1-7(2)5-6-8(3)10-9(4)11/h7-8H,5-6H2,1-4H3,(H,10,11)/t8-/m1/s1. The second-order valence-electron chi connectivity index (χ2n) is 3.57. The van der Waals surface area contributed by atoms with E-state index in [4.69, 9.17) is 0 Å². The van der Waals surface area contributed by atoms with E-state index in [2.05, 4.69) is 19.2 Å². The van der Waals surface area contributed by atoms with Gasteiger partial charge in [-0.25, -0.2) is 0 Å². The van der Waals surface area contributed by atoms with E-state index in [1.165, 1.54) is 6.42 Å². The number of carbonyl (C=O) groups is 1. The van der Waals surface area contributed by atoms with Crippen LogP contribution in [0.2, 0.25) is 0 Å². The van der Waals surface area contributed by atoms with E-state index >= 15 is 0 Å². The van der Waals surface area contributed by atoms with Gasteiger partial charge in [0, 0.05) is 13.0 Å². The molecule has 0 aliphatic carbocycles. The zero-order valence-corrected chi connectivity index (χ0v) is 7.98. The van der Waals surface area contributed by atoms with E-state index in [-0.39, 0.29) is 5.91 Å². The molecule has 0 rings (SSSR count). The summed E-state index contributed by atoms with van der Waals surface area (Å²) in [4.78, 5) is 10.6. The third-order valence-corrected chi connectivity index (χ3v) is 1.63. The summed E-state index contributed by atoms with van der Waals surface area (Å²) in [6.45, 7) is 8.00. The minimum Gasteiger partial charge on any atom is -0.354 e. The zero-order valence-electron chi connectivity index (χ0n) is 7.98. The van der Waals surface area contributed by atoms with Gasteiger partial charge in [-0.2, -0.15) is 0 Å². The van der Waals surface area contributed by atoms with Crippen molar-refractivity contribution in [3.63, 3.8) is 0 Å². The summed E-state index contributed by atoms with van der Waals surface area (Å²) < 4.78 is 0. The third-order valence-electron chi connectivity index (χ3n) is 1.63. The number of amides is 1. The van der Waals surface area contributed by atoms with Crippen LogP contribution in [-0.2, 0) is 4.79 Å². The Hall–Kier alpha value is -0.530. The van der Waals surface area contributed by atoms with Crippen LogP contribution in [0.25, 0.3) is 0 Å². The van der Waals surface area contributed by atoms with E-state index in [0.717, 1.165) is 12.3 Å². The molecule has 0 saturated carbocycles. The molecule has 0 fully saturated rings. The van der Waals surface area contributed by atoms with Gasteiger partial charge in [-0.3, -0.25) is 4.79 Å². The van der Waals surface area contributed by atoms with Gasteiger partial charge in [-0.15, -0.1) is 0 Å². The summed E-state index contributed by atoms with van der Waals surface area (Å²) in [6.07, 6.45) is 2.26. The fourth-order valence-electron chi connectivity index (χ4n) is 1.00. The van der Waals surface area contributed by atoms with E-state index in [1.54, 1.807) is 6.92 Å². The molecule has 66 valence electrons. The van der Waals surface area contributed by atoms with E-state index < -0.39 is 0 Å². The van der Waals surface area contributed by atoms with Crippen LogP contribution in [0.3, 0.4) is 0 Å². The van der Waals surface area contributed by atoms with Crippen LogP contribution in [0.5, 0.6) is 0 Å². The van der Waals surface area contributed by atoms with Gasteiger partial charge in [0.05, 0.1) is 0 Å². The van der Waals surface area contributed by atoms with Crippen molar-refractivity contribution in [2.45, 2.75) is 46.6 Å². The maximum absolute atomic E-state index is 10.6. The van der Waals surface area contributed by atoms with Crippen LogP contribution < -0.4 is 5.32 Å². The Kier molecular flexibility index (Phi) is 4.92. The van der Waals surface area contributed by atoms with Gasteiger partial charge in [0.1, 0.15) is 0 Å². The molecule has 0 unspecified atom stereocenters. The highest BCUT2D eigenvalue weighted by Crippen LogP contribution is 2.05. The predicted octanol–water partition coefficient (Wildman–Crippen LogP) is 1.95. The van der Waals surface area contributed by atoms with Crippen molar-refractivity contribution in [1.29, 1.82) is 0 Å². The van der Waals surface area contributed by atoms with Crippen LogP contribution in [0, 0.1) is 5.92 Å². The lowest BCUT2D eigenvalue weighted by Gasteiger charge is -2.13. The molecule has 0 aliphatic rings. The summed E-state index contributed by atoms with van der Waals surface area (Å²) in [6, 6.07) is 0.329. The molecule has 0 spiro atoms. The number of hydrogen-bond donors (Lipinski definition) is 1. The van der Waals surface area contributed by atoms with E-state index in [0.29, 0.717) is 6.04 Å². The van der Waals surface area contributed by atoms with Crippen LogP contribution in [0.4, 0.5) is 0 Å². The van der Waals surface area contributed by atoms with Crippen LogP contribution in [0.15, 0.2) is 0 Å². The molecular formula is C9H19NO. The number of carbonyl (C=O) groups excluding carboxylic acids is 1. The number of hydrogen-bond acceptors (Lipinski definition) is 1. The van der Waals surface area contributed by atoms with Gasteiger partial charge in [0.15, 0.2) is 0 Å². The van der Waals surface area contributed by atoms with Crippen molar-refractivity contribution in [2.75, 3.05) is 0 Å². The zero-order chi connectivity index (χ0) is 8.85. The fourth-order valence-corrected chi connectivity index (χ4v) is 1.00. The summed E-state index contributed by atoms with van der Waals surface area (Å²) in [7, 11) is 0. The average Bonchev–Trinajstić information content (AvgIpc) is 1.82. The predicted molar refractivity (Wildman–Crippen MR) is 47.4 cm³/mol. The Morgan fingerprint density at radius 1 is 1.27 bits per heavy atom. The highest BCUT2D eigenvalue weighted by atomic mass is 16.1. The molecule has 0 saturated heterocycles. The van der Waals surface area contributed by atoms with Crippen molar-refractivity contribution in [1.82, 2.24) is 5.32 Å². The highest BCUT2D eigenvalue weighted by molar-refractivity contribution is 5.73. The minimum absolute atomic E-state index is 0.0706. The van der Waals surface area contributed by atoms with Crippen LogP contribution >= 0.6 is 0 Å². The molecule has 0 aromatic rings. The quantitative estimate of drug-likeness (QED) is 0.664. The van der Waals surface area contributed by atoms with Crippen LogP contribution in [-0.4, -0.2) is 11.9 Å². The molecule has 0 heterocycles. The summed E-state index contributed by atoms with van der Waals surface area (Å²) in [5.41, 5.74) is 0. The van der Waals surface area contributed by atoms with Crippen molar-refractivity contribution in [3.8, 4) is 0 Å². The van der Waals surface area contributed by atoms with E-state index in [9.17, 15) is 4.79 Å². The maximum atomic E-state index is 10.6. The number of rotatable bonds is 4. The first kappa shape index (κ1) is 10.5. The molecular weight excluding hydrogens is 138 g/mol.